The van der Waals surface area contributed by atoms with Crippen LogP contribution in [0.2, 0.25) is 0 Å². The second-order valence-electron chi connectivity index (χ2n) is 7.85. The number of nitrogens with one attached hydrogen (secondary N) is 1. The molecule has 1 aliphatic rings. The Morgan fingerprint density at radius 2 is 1.90 bits per heavy atom. The van der Waals surface area contributed by atoms with E-state index < -0.39 is 0 Å². The summed E-state index contributed by atoms with van der Waals surface area (Å²) in [5.74, 6) is 1.24. The van der Waals surface area contributed by atoms with E-state index in [2.05, 4.69) is 25.3 Å². The summed E-state index contributed by atoms with van der Waals surface area (Å²) in [4.78, 5) is 38.2. The first-order valence-electron chi connectivity index (χ1n) is 10.6. The molecule has 9 nitrogen and oxygen atoms in total. The Kier molecular flexibility index (Phi) is 5.83. The van der Waals surface area contributed by atoms with Gasteiger partial charge in [-0.3, -0.25) is 9.59 Å². The first-order valence-corrected chi connectivity index (χ1v) is 10.6. The third kappa shape index (κ3) is 4.21. The number of aryl methyl sites for hydroxylation is 1. The zero-order chi connectivity index (χ0) is 22.0. The van der Waals surface area contributed by atoms with E-state index in [9.17, 15) is 9.59 Å². The molecule has 1 saturated heterocycles. The van der Waals surface area contributed by atoms with Crippen LogP contribution in [0.5, 0.6) is 0 Å². The molecule has 1 N–H and O–H groups in total. The minimum Gasteiger partial charge on any atom is -0.353 e. The molecule has 9 heteroatoms. The Morgan fingerprint density at radius 1 is 1.16 bits per heavy atom. The lowest BCUT2D eigenvalue weighted by atomic mass is 10.1. The van der Waals surface area contributed by atoms with Crippen LogP contribution in [0, 0.1) is 12.8 Å². The van der Waals surface area contributed by atoms with Gasteiger partial charge in [0.2, 0.25) is 5.91 Å². The molecule has 1 aromatic carbocycles. The van der Waals surface area contributed by atoms with Gasteiger partial charge in [-0.1, -0.05) is 26.0 Å². The molecule has 1 fully saturated rings. The van der Waals surface area contributed by atoms with Gasteiger partial charge in [0.05, 0.1) is 11.3 Å². The van der Waals surface area contributed by atoms with Gasteiger partial charge in [0, 0.05) is 43.9 Å². The van der Waals surface area contributed by atoms with Gasteiger partial charge in [-0.2, -0.15) is 14.6 Å². The molecule has 2 amide bonds. The molecule has 0 bridgehead atoms. The number of anilines is 2. The number of carbonyl (C=O) groups is 2. The molecular weight excluding hydrogens is 394 g/mol. The lowest BCUT2D eigenvalue weighted by Gasteiger charge is -2.36. The normalized spacial score (nSPS) is 15.2. The fourth-order valence-electron chi connectivity index (χ4n) is 3.67. The number of fused-ring (bicyclic) bond motifs is 1. The molecule has 3 heterocycles. The van der Waals surface area contributed by atoms with Crippen molar-refractivity contribution >= 4 is 29.1 Å². The van der Waals surface area contributed by atoms with E-state index in [-0.39, 0.29) is 17.7 Å². The van der Waals surface area contributed by atoms with Crippen molar-refractivity contribution in [1.82, 2.24) is 24.5 Å². The Morgan fingerprint density at radius 3 is 2.65 bits per heavy atom. The van der Waals surface area contributed by atoms with Crippen LogP contribution in [0.15, 0.2) is 36.7 Å². The largest absolute Gasteiger partial charge is 0.353 e. The zero-order valence-electron chi connectivity index (χ0n) is 18.1. The monoisotopic (exact) mass is 421 g/mol. The number of hydrogen-bond acceptors (Lipinski definition) is 6. The van der Waals surface area contributed by atoms with Gasteiger partial charge in [-0.05, 0) is 25.5 Å². The van der Waals surface area contributed by atoms with E-state index in [1.54, 1.807) is 16.6 Å². The number of nitrogens with zero attached hydrogens (tertiary/aromatic N) is 6. The number of amides is 2. The van der Waals surface area contributed by atoms with Crippen LogP contribution in [-0.2, 0) is 4.79 Å². The Bertz CT molecular complexity index is 1100. The van der Waals surface area contributed by atoms with Gasteiger partial charge in [0.1, 0.15) is 12.1 Å². The molecule has 1 atom stereocenters. The van der Waals surface area contributed by atoms with Crippen molar-refractivity contribution in [2.24, 2.45) is 5.92 Å². The molecule has 0 aliphatic carbocycles. The predicted octanol–water partition coefficient (Wildman–Crippen LogP) is 2.38. The van der Waals surface area contributed by atoms with Gasteiger partial charge in [0.15, 0.2) is 0 Å². The third-order valence-corrected chi connectivity index (χ3v) is 5.73. The van der Waals surface area contributed by atoms with Crippen molar-refractivity contribution in [3.63, 3.8) is 0 Å². The lowest BCUT2D eigenvalue weighted by Crippen LogP contribution is -2.49. The highest BCUT2D eigenvalue weighted by Crippen LogP contribution is 2.22. The lowest BCUT2D eigenvalue weighted by molar-refractivity contribution is -0.119. The van der Waals surface area contributed by atoms with E-state index >= 15 is 0 Å². The van der Waals surface area contributed by atoms with Gasteiger partial charge >= 0.3 is 0 Å². The summed E-state index contributed by atoms with van der Waals surface area (Å²) in [5, 5.41) is 7.19. The van der Waals surface area contributed by atoms with Crippen LogP contribution >= 0.6 is 0 Å². The summed E-state index contributed by atoms with van der Waals surface area (Å²) in [6.07, 6.45) is 2.24. The average Bonchev–Trinajstić information content (AvgIpc) is 3.26. The quantitative estimate of drug-likeness (QED) is 0.680. The Labute approximate surface area is 181 Å². The molecule has 4 rings (SSSR count). The standard InChI is InChI=1S/C22H27N7O2/c1-4-15(2)20(30)26-18-8-6-5-7-17(18)21(31)28-11-9-27(10-12-28)19-13-16(3)25-22-23-14-24-29(19)22/h5-8,13-15H,4,9-12H2,1-3H3,(H,26,30). The van der Waals surface area contributed by atoms with Crippen molar-refractivity contribution in [2.45, 2.75) is 27.2 Å². The summed E-state index contributed by atoms with van der Waals surface area (Å²) in [5.41, 5.74) is 1.96. The van der Waals surface area contributed by atoms with E-state index in [1.165, 1.54) is 6.33 Å². The highest BCUT2D eigenvalue weighted by Gasteiger charge is 2.26. The number of para-hydroxylation sites is 1. The second kappa shape index (κ2) is 8.71. The van der Waals surface area contributed by atoms with Crippen LogP contribution in [0.3, 0.4) is 0 Å². The third-order valence-electron chi connectivity index (χ3n) is 5.73. The number of benzene rings is 1. The van der Waals surface area contributed by atoms with Crippen LogP contribution in [0.1, 0.15) is 36.3 Å². The first kappa shape index (κ1) is 20.8. The molecule has 0 spiro atoms. The minimum atomic E-state index is -0.107. The SMILES string of the molecule is CCC(C)C(=O)Nc1ccccc1C(=O)N1CCN(c2cc(C)nc3ncnn23)CC1. The van der Waals surface area contributed by atoms with E-state index in [0.29, 0.717) is 43.2 Å². The molecule has 31 heavy (non-hydrogen) atoms. The number of rotatable bonds is 5. The maximum Gasteiger partial charge on any atom is 0.256 e. The molecule has 1 unspecified atom stereocenters. The fourth-order valence-corrected chi connectivity index (χ4v) is 3.67. The average molecular weight is 422 g/mol. The molecule has 3 aromatic rings. The second-order valence-corrected chi connectivity index (χ2v) is 7.85. The fraction of sp³-hybridized carbons (Fsp3) is 0.409. The molecular formula is C22H27N7O2. The smallest absolute Gasteiger partial charge is 0.256 e. The molecule has 162 valence electrons. The van der Waals surface area contributed by atoms with Crippen molar-refractivity contribution in [3.8, 4) is 0 Å². The highest BCUT2D eigenvalue weighted by molar-refractivity contribution is 6.04. The van der Waals surface area contributed by atoms with Crippen LogP contribution < -0.4 is 10.2 Å². The molecule has 1 aliphatic heterocycles. The maximum absolute atomic E-state index is 13.2. The maximum atomic E-state index is 13.2. The molecule has 0 radical (unpaired) electrons. The number of piperazine rings is 1. The van der Waals surface area contributed by atoms with Crippen molar-refractivity contribution in [2.75, 3.05) is 36.4 Å². The van der Waals surface area contributed by atoms with Crippen molar-refractivity contribution < 1.29 is 9.59 Å². The Hall–Kier alpha value is -3.49. The molecule has 2 aromatic heterocycles. The number of aromatic nitrogens is 4. The Balaban J connectivity index is 1.48. The summed E-state index contributed by atoms with van der Waals surface area (Å²) in [7, 11) is 0. The van der Waals surface area contributed by atoms with E-state index in [1.807, 2.05) is 43.9 Å². The topological polar surface area (TPSA) is 95.7 Å². The van der Waals surface area contributed by atoms with Crippen LogP contribution in [0.25, 0.3) is 5.78 Å². The molecule has 0 saturated carbocycles. The van der Waals surface area contributed by atoms with E-state index in [4.69, 9.17) is 0 Å². The highest BCUT2D eigenvalue weighted by atomic mass is 16.2. The zero-order valence-corrected chi connectivity index (χ0v) is 18.1. The minimum absolute atomic E-state index is 0.0718. The summed E-state index contributed by atoms with van der Waals surface area (Å²) < 4.78 is 1.73. The van der Waals surface area contributed by atoms with Gasteiger partial charge in [-0.25, -0.2) is 4.98 Å². The van der Waals surface area contributed by atoms with Gasteiger partial charge in [0.25, 0.3) is 11.7 Å². The summed E-state index contributed by atoms with van der Waals surface area (Å²) in [6, 6.07) is 9.19. The van der Waals surface area contributed by atoms with E-state index in [0.717, 1.165) is 17.9 Å². The number of hydrogen-bond donors (Lipinski definition) is 1. The summed E-state index contributed by atoms with van der Waals surface area (Å²) >= 11 is 0. The number of carbonyl (C=O) groups excluding carboxylic acids is 2. The van der Waals surface area contributed by atoms with Gasteiger partial charge in [-0.15, -0.1) is 0 Å². The van der Waals surface area contributed by atoms with Crippen LogP contribution in [-0.4, -0.2) is 62.5 Å². The van der Waals surface area contributed by atoms with Crippen molar-refractivity contribution in [1.29, 1.82) is 0 Å². The summed E-state index contributed by atoms with van der Waals surface area (Å²) in [6.45, 7) is 8.28. The van der Waals surface area contributed by atoms with Crippen LogP contribution in [0.4, 0.5) is 11.5 Å². The van der Waals surface area contributed by atoms with Gasteiger partial charge < -0.3 is 15.1 Å². The van der Waals surface area contributed by atoms with Crippen molar-refractivity contribution in [3.05, 3.63) is 47.9 Å². The predicted molar refractivity (Wildman–Crippen MR) is 118 cm³/mol. The first-order chi connectivity index (χ1) is 15.0.